The minimum atomic E-state index is -0.393. The number of hydrogen-bond donors (Lipinski definition) is 3. The number of fused-ring (bicyclic) bond motifs is 1. The van der Waals surface area contributed by atoms with Crippen LogP contribution in [-0.2, 0) is 17.8 Å². The van der Waals surface area contributed by atoms with Gasteiger partial charge in [0.05, 0.1) is 17.0 Å². The molecule has 0 bridgehead atoms. The van der Waals surface area contributed by atoms with E-state index in [0.717, 1.165) is 82.5 Å². The Morgan fingerprint density at radius 1 is 1.13 bits per heavy atom. The van der Waals surface area contributed by atoms with Crippen molar-refractivity contribution >= 4 is 11.8 Å². The van der Waals surface area contributed by atoms with Crippen molar-refractivity contribution in [3.63, 3.8) is 0 Å². The highest BCUT2D eigenvalue weighted by Crippen LogP contribution is 2.38. The van der Waals surface area contributed by atoms with Gasteiger partial charge in [0.1, 0.15) is 18.2 Å². The fourth-order valence-corrected chi connectivity index (χ4v) is 5.50. The van der Waals surface area contributed by atoms with E-state index >= 15 is 0 Å². The lowest BCUT2D eigenvalue weighted by Crippen LogP contribution is -2.53. The molecule has 1 aromatic heterocycles. The molecule has 1 fully saturated rings. The molecule has 4 rings (SSSR count). The maximum atomic E-state index is 13.9. The molecule has 8 nitrogen and oxygen atoms in total. The van der Waals surface area contributed by atoms with Gasteiger partial charge in [-0.25, -0.2) is 4.98 Å². The standard InChI is InChI=1S/C30H45N5O3/c1-4-5-12-27-32-19-23(33-27)20-35-17-14-30(15-18-35)13-8-9-16-31-28(36)24-10-6-7-11-26(24)38-21-25(22(2)3)34-29(30)37/h6-7,10-11,19,22,25H,4-5,8-9,12-18,20-21H2,1-3H3,(H,31,36)(H,32,33)(H,34,37)/t25-/m1/s1. The topological polar surface area (TPSA) is 99.3 Å². The molecule has 3 heterocycles. The first-order valence-corrected chi connectivity index (χ1v) is 14.5. The van der Waals surface area contributed by atoms with Crippen LogP contribution in [0.1, 0.15) is 87.6 Å². The molecule has 38 heavy (non-hydrogen) atoms. The van der Waals surface area contributed by atoms with Gasteiger partial charge in [0.25, 0.3) is 5.91 Å². The van der Waals surface area contributed by atoms with E-state index in [-0.39, 0.29) is 23.8 Å². The highest BCUT2D eigenvalue weighted by atomic mass is 16.5. The number of piperidine rings is 1. The van der Waals surface area contributed by atoms with E-state index < -0.39 is 5.41 Å². The molecule has 0 unspecified atom stereocenters. The van der Waals surface area contributed by atoms with E-state index in [1.165, 1.54) is 0 Å². The van der Waals surface area contributed by atoms with Crippen LogP contribution in [0.2, 0.25) is 0 Å². The summed E-state index contributed by atoms with van der Waals surface area (Å²) >= 11 is 0. The van der Waals surface area contributed by atoms with Crippen LogP contribution in [0.4, 0.5) is 0 Å². The fraction of sp³-hybridized carbons (Fsp3) is 0.633. The smallest absolute Gasteiger partial charge is 0.255 e. The molecule has 0 aliphatic carbocycles. The first-order valence-electron chi connectivity index (χ1n) is 14.5. The predicted octanol–water partition coefficient (Wildman–Crippen LogP) is 4.47. The summed E-state index contributed by atoms with van der Waals surface area (Å²) in [5.41, 5.74) is 1.29. The molecule has 1 atom stereocenters. The molecule has 208 valence electrons. The molecule has 2 aliphatic rings. The third-order valence-corrected chi connectivity index (χ3v) is 8.18. The summed E-state index contributed by atoms with van der Waals surface area (Å²) in [4.78, 5) is 37.1. The van der Waals surface area contributed by atoms with Crippen LogP contribution < -0.4 is 15.4 Å². The number of para-hydroxylation sites is 1. The SMILES string of the molecule is CCCCc1ncc(CN2CCC3(CCCCNC(=O)c4ccccc4OC[C@H](C(C)C)NC3=O)CC2)[nH]1. The zero-order valence-electron chi connectivity index (χ0n) is 23.4. The molecule has 1 saturated heterocycles. The Kier molecular flexibility index (Phi) is 9.83. The molecule has 2 amide bonds. The van der Waals surface area contributed by atoms with Crippen molar-refractivity contribution in [2.24, 2.45) is 11.3 Å². The number of likely N-dealkylation sites (tertiary alicyclic amines) is 1. The minimum Gasteiger partial charge on any atom is -0.491 e. The number of carbonyl (C=O) groups is 2. The van der Waals surface area contributed by atoms with Gasteiger partial charge >= 0.3 is 0 Å². The van der Waals surface area contributed by atoms with E-state index in [4.69, 9.17) is 4.74 Å². The highest BCUT2D eigenvalue weighted by molar-refractivity contribution is 5.96. The summed E-state index contributed by atoms with van der Waals surface area (Å²) in [6.07, 6.45) is 9.50. The maximum absolute atomic E-state index is 13.9. The zero-order valence-corrected chi connectivity index (χ0v) is 23.4. The zero-order chi connectivity index (χ0) is 27.0. The van der Waals surface area contributed by atoms with Gasteiger partial charge in [-0.05, 0) is 63.2 Å². The summed E-state index contributed by atoms with van der Waals surface area (Å²) in [5.74, 6) is 1.87. The number of benzene rings is 1. The number of amides is 2. The average Bonchev–Trinajstić information content (AvgIpc) is 3.37. The highest BCUT2D eigenvalue weighted by Gasteiger charge is 2.42. The van der Waals surface area contributed by atoms with Crippen molar-refractivity contribution in [1.82, 2.24) is 25.5 Å². The van der Waals surface area contributed by atoms with Gasteiger partial charge in [0.15, 0.2) is 0 Å². The number of aromatic nitrogens is 2. The number of nitrogens with zero attached hydrogens (tertiary/aromatic N) is 2. The average molecular weight is 524 g/mol. The largest absolute Gasteiger partial charge is 0.491 e. The van der Waals surface area contributed by atoms with Gasteiger partial charge in [-0.2, -0.15) is 0 Å². The Bertz CT molecular complexity index is 1060. The minimum absolute atomic E-state index is 0.109. The summed E-state index contributed by atoms with van der Waals surface area (Å²) in [6, 6.07) is 7.20. The van der Waals surface area contributed by atoms with Crippen molar-refractivity contribution in [1.29, 1.82) is 0 Å². The van der Waals surface area contributed by atoms with Crippen LogP contribution in [0.5, 0.6) is 5.75 Å². The van der Waals surface area contributed by atoms with Crippen LogP contribution in [0.25, 0.3) is 0 Å². The summed E-state index contributed by atoms with van der Waals surface area (Å²) in [5, 5.41) is 6.40. The second kappa shape index (κ2) is 13.3. The third-order valence-electron chi connectivity index (χ3n) is 8.18. The summed E-state index contributed by atoms with van der Waals surface area (Å²) in [7, 11) is 0. The molecule has 0 radical (unpaired) electrons. The fourth-order valence-electron chi connectivity index (χ4n) is 5.50. The molecule has 8 heteroatoms. The van der Waals surface area contributed by atoms with Gasteiger partial charge < -0.3 is 20.4 Å². The third kappa shape index (κ3) is 7.16. The second-order valence-corrected chi connectivity index (χ2v) is 11.4. The molecular formula is C30H45N5O3. The Balaban J connectivity index is 1.43. The summed E-state index contributed by atoms with van der Waals surface area (Å²) < 4.78 is 6.12. The monoisotopic (exact) mass is 523 g/mol. The Morgan fingerprint density at radius 2 is 1.92 bits per heavy atom. The number of unbranched alkanes of at least 4 members (excludes halogenated alkanes) is 1. The van der Waals surface area contributed by atoms with Crippen molar-refractivity contribution < 1.29 is 14.3 Å². The molecule has 1 spiro atoms. The number of rotatable bonds is 6. The van der Waals surface area contributed by atoms with Crippen LogP contribution in [0, 0.1) is 11.3 Å². The van der Waals surface area contributed by atoms with E-state index in [2.05, 4.69) is 46.3 Å². The molecule has 2 aliphatic heterocycles. The Hall–Kier alpha value is -2.87. The number of aromatic amines is 1. The Labute approximate surface area is 227 Å². The molecule has 2 aromatic rings. The van der Waals surface area contributed by atoms with Crippen LogP contribution in [0.3, 0.4) is 0 Å². The van der Waals surface area contributed by atoms with E-state index in [1.54, 1.807) is 6.07 Å². The number of imidazole rings is 1. The van der Waals surface area contributed by atoms with E-state index in [1.807, 2.05) is 24.4 Å². The molecule has 0 saturated carbocycles. The van der Waals surface area contributed by atoms with Crippen LogP contribution in [0.15, 0.2) is 30.5 Å². The lowest BCUT2D eigenvalue weighted by Gasteiger charge is -2.42. The number of H-pyrrole nitrogens is 1. The lowest BCUT2D eigenvalue weighted by atomic mass is 9.73. The molecular weight excluding hydrogens is 478 g/mol. The van der Waals surface area contributed by atoms with Crippen molar-refractivity contribution in [3.8, 4) is 5.75 Å². The molecule has 3 N–H and O–H groups in total. The number of carbonyl (C=O) groups excluding carboxylic acids is 2. The van der Waals surface area contributed by atoms with Crippen molar-refractivity contribution in [2.75, 3.05) is 26.2 Å². The predicted molar refractivity (Wildman–Crippen MR) is 149 cm³/mol. The maximum Gasteiger partial charge on any atom is 0.255 e. The lowest BCUT2D eigenvalue weighted by molar-refractivity contribution is -0.136. The van der Waals surface area contributed by atoms with Gasteiger partial charge in [-0.1, -0.05) is 45.7 Å². The normalized spacial score (nSPS) is 21.3. The second-order valence-electron chi connectivity index (χ2n) is 11.4. The van der Waals surface area contributed by atoms with Gasteiger partial charge in [0, 0.05) is 31.4 Å². The van der Waals surface area contributed by atoms with E-state index in [9.17, 15) is 9.59 Å². The van der Waals surface area contributed by atoms with Crippen LogP contribution >= 0.6 is 0 Å². The van der Waals surface area contributed by atoms with Crippen molar-refractivity contribution in [3.05, 3.63) is 47.5 Å². The van der Waals surface area contributed by atoms with Gasteiger partial charge in [-0.3, -0.25) is 14.5 Å². The number of ether oxygens (including phenoxy) is 1. The number of hydrogen-bond acceptors (Lipinski definition) is 5. The number of aryl methyl sites for hydroxylation is 1. The summed E-state index contributed by atoms with van der Waals surface area (Å²) in [6.45, 7) is 9.91. The quantitative estimate of drug-likeness (QED) is 0.519. The number of nitrogens with one attached hydrogen (secondary N) is 3. The molecule has 1 aromatic carbocycles. The van der Waals surface area contributed by atoms with Crippen molar-refractivity contribution in [2.45, 2.75) is 84.7 Å². The van der Waals surface area contributed by atoms with Crippen LogP contribution in [-0.4, -0.2) is 59.0 Å². The van der Waals surface area contributed by atoms with Gasteiger partial charge in [0.2, 0.25) is 5.91 Å². The Morgan fingerprint density at radius 3 is 2.68 bits per heavy atom. The van der Waals surface area contributed by atoms with Gasteiger partial charge in [-0.15, -0.1) is 0 Å². The first-order chi connectivity index (χ1) is 18.4. The first kappa shape index (κ1) is 28.1. The van der Waals surface area contributed by atoms with E-state index in [0.29, 0.717) is 24.5 Å².